The van der Waals surface area contributed by atoms with Crippen molar-refractivity contribution in [3.63, 3.8) is 0 Å². The molecule has 2 amide bonds. The van der Waals surface area contributed by atoms with E-state index in [-0.39, 0.29) is 13.2 Å². The third-order valence-corrected chi connectivity index (χ3v) is 9.19. The quantitative estimate of drug-likeness (QED) is 0.104. The highest BCUT2D eigenvalue weighted by atomic mass is 16.5. The highest BCUT2D eigenvalue weighted by Crippen LogP contribution is 2.23. The minimum Gasteiger partial charge on any atom is -0.467 e. The van der Waals surface area contributed by atoms with E-state index in [1.54, 1.807) is 123 Å². The molecule has 4 N–H and O–H groups in total. The number of ether oxygens (including phenoxy) is 4. The molecule has 12 heteroatoms. The molecule has 4 aromatic carbocycles. The van der Waals surface area contributed by atoms with Gasteiger partial charge in [-0.25, -0.2) is 9.59 Å². The van der Waals surface area contributed by atoms with Crippen LogP contribution in [0.5, 0.6) is 0 Å². The first-order valence-electron chi connectivity index (χ1n) is 17.6. The number of amides is 2. The van der Waals surface area contributed by atoms with Gasteiger partial charge in [0.25, 0.3) is 11.8 Å². The number of carbonyl (C=O) groups excluding carboxylic acids is 4. The van der Waals surface area contributed by atoms with Gasteiger partial charge in [-0.3, -0.25) is 9.59 Å². The Hall–Kier alpha value is -5.40. The van der Waals surface area contributed by atoms with E-state index >= 15 is 0 Å². The summed E-state index contributed by atoms with van der Waals surface area (Å²) in [5.74, 6) is -4.56. The fourth-order valence-corrected chi connectivity index (χ4v) is 5.94. The van der Waals surface area contributed by atoms with Gasteiger partial charge >= 0.3 is 11.9 Å². The van der Waals surface area contributed by atoms with Crippen LogP contribution in [0.2, 0.25) is 0 Å². The number of carbonyl (C=O) groups is 4. The summed E-state index contributed by atoms with van der Waals surface area (Å²) in [7, 11) is 2.38. The lowest BCUT2D eigenvalue weighted by molar-refractivity contribution is -0.172. The predicted molar refractivity (Wildman–Crippen MR) is 200 cm³/mol. The van der Waals surface area contributed by atoms with Crippen molar-refractivity contribution in [1.82, 2.24) is 10.6 Å². The fourth-order valence-electron chi connectivity index (χ4n) is 5.94. The molecular formula is C42H48N2O10. The van der Waals surface area contributed by atoms with Crippen LogP contribution in [0.3, 0.4) is 0 Å². The van der Waals surface area contributed by atoms with Crippen LogP contribution in [0.25, 0.3) is 0 Å². The van der Waals surface area contributed by atoms with E-state index in [0.717, 1.165) is 11.1 Å². The maximum atomic E-state index is 14.1. The summed E-state index contributed by atoms with van der Waals surface area (Å²) in [4.78, 5) is 54.2. The molecule has 286 valence electrons. The second-order valence-electron chi connectivity index (χ2n) is 12.8. The third-order valence-electron chi connectivity index (χ3n) is 9.19. The van der Waals surface area contributed by atoms with Gasteiger partial charge in [-0.1, -0.05) is 135 Å². The Balaban J connectivity index is 1.67. The van der Waals surface area contributed by atoms with Gasteiger partial charge in [0.05, 0.1) is 27.4 Å². The van der Waals surface area contributed by atoms with Gasteiger partial charge in [-0.05, 0) is 22.3 Å². The van der Waals surface area contributed by atoms with Gasteiger partial charge in [-0.15, -0.1) is 0 Å². The van der Waals surface area contributed by atoms with Crippen LogP contribution < -0.4 is 10.6 Å². The normalized spacial score (nSPS) is 15.6. The molecule has 0 bridgehead atoms. The number of esters is 2. The summed E-state index contributed by atoms with van der Waals surface area (Å²) in [5.41, 5.74) is 2.74. The van der Waals surface area contributed by atoms with Gasteiger partial charge in [-0.2, -0.15) is 0 Å². The first-order chi connectivity index (χ1) is 26.0. The summed E-state index contributed by atoms with van der Waals surface area (Å²) >= 11 is 0. The lowest BCUT2D eigenvalue weighted by Crippen LogP contribution is -2.59. The monoisotopic (exact) mass is 740 g/mol. The molecule has 0 spiro atoms. The van der Waals surface area contributed by atoms with Gasteiger partial charge < -0.3 is 39.8 Å². The van der Waals surface area contributed by atoms with Crippen molar-refractivity contribution < 1.29 is 48.3 Å². The number of rotatable bonds is 19. The van der Waals surface area contributed by atoms with Gasteiger partial charge in [0.15, 0.2) is 12.2 Å². The van der Waals surface area contributed by atoms with Crippen LogP contribution in [0.15, 0.2) is 121 Å². The lowest BCUT2D eigenvalue weighted by Gasteiger charge is -2.33. The Morgan fingerprint density at radius 3 is 1.11 bits per heavy atom. The molecule has 0 radical (unpaired) electrons. The van der Waals surface area contributed by atoms with E-state index in [1.807, 2.05) is 12.1 Å². The Kier molecular flexibility index (Phi) is 15.9. The predicted octanol–water partition coefficient (Wildman–Crippen LogP) is 3.80. The third kappa shape index (κ3) is 11.3. The van der Waals surface area contributed by atoms with Gasteiger partial charge in [0.2, 0.25) is 0 Å². The van der Waals surface area contributed by atoms with Crippen molar-refractivity contribution in [2.24, 2.45) is 0 Å². The number of methoxy groups -OCH3 is 2. The number of aliphatic hydroxyl groups excluding tert-OH is 2. The Morgan fingerprint density at radius 2 is 0.815 bits per heavy atom. The highest BCUT2D eigenvalue weighted by Gasteiger charge is 2.43. The smallest absolute Gasteiger partial charge is 0.328 e. The van der Waals surface area contributed by atoms with E-state index in [9.17, 15) is 29.4 Å². The average Bonchev–Trinajstić information content (AvgIpc) is 3.22. The van der Waals surface area contributed by atoms with Crippen molar-refractivity contribution in [3.8, 4) is 0 Å². The largest absolute Gasteiger partial charge is 0.467 e. The molecule has 8 unspecified atom stereocenters. The van der Waals surface area contributed by atoms with Gasteiger partial charge in [0.1, 0.15) is 24.3 Å². The molecule has 0 aromatic heterocycles. The molecule has 4 aromatic rings. The van der Waals surface area contributed by atoms with Crippen LogP contribution in [-0.4, -0.2) is 84.7 Å². The Bertz CT molecular complexity index is 1630. The molecule has 54 heavy (non-hydrogen) atoms. The summed E-state index contributed by atoms with van der Waals surface area (Å²) in [6, 6.07) is 33.2. The zero-order chi connectivity index (χ0) is 39.0. The molecule has 0 aliphatic carbocycles. The van der Waals surface area contributed by atoms with Crippen molar-refractivity contribution >= 4 is 23.8 Å². The molecule has 4 rings (SSSR count). The molecule has 0 aliphatic rings. The minimum absolute atomic E-state index is 0.180. The van der Waals surface area contributed by atoms with Crippen molar-refractivity contribution in [2.75, 3.05) is 14.2 Å². The van der Waals surface area contributed by atoms with Crippen LogP contribution in [0.4, 0.5) is 0 Å². The first kappa shape index (κ1) is 41.4. The number of nitrogens with one attached hydrogen (secondary N) is 2. The Labute approximate surface area is 315 Å². The number of benzene rings is 4. The second-order valence-corrected chi connectivity index (χ2v) is 12.8. The molecule has 8 atom stereocenters. The van der Waals surface area contributed by atoms with Crippen molar-refractivity contribution in [2.45, 2.75) is 75.4 Å². The molecule has 0 aliphatic heterocycles. The van der Waals surface area contributed by atoms with Crippen LogP contribution in [-0.2, 0) is 51.3 Å². The zero-order valence-corrected chi connectivity index (χ0v) is 30.7. The maximum absolute atomic E-state index is 14.1. The van der Waals surface area contributed by atoms with E-state index in [0.29, 0.717) is 11.1 Å². The van der Waals surface area contributed by atoms with Crippen molar-refractivity contribution in [1.29, 1.82) is 0 Å². The van der Waals surface area contributed by atoms with Crippen molar-refractivity contribution in [3.05, 3.63) is 144 Å². The Morgan fingerprint density at radius 1 is 0.519 bits per heavy atom. The number of hydrogen-bond donors (Lipinski definition) is 4. The van der Waals surface area contributed by atoms with Crippen LogP contribution >= 0.6 is 0 Å². The molecular weight excluding hydrogens is 692 g/mol. The average molecular weight is 741 g/mol. The van der Waals surface area contributed by atoms with E-state index in [4.69, 9.17) is 18.9 Å². The summed E-state index contributed by atoms with van der Waals surface area (Å²) in [6.07, 6.45) is -7.83. The second kappa shape index (κ2) is 20.7. The highest BCUT2D eigenvalue weighted by molar-refractivity contribution is 5.89. The van der Waals surface area contributed by atoms with Crippen LogP contribution in [0.1, 0.15) is 47.9 Å². The molecule has 0 heterocycles. The zero-order valence-electron chi connectivity index (χ0n) is 30.7. The molecule has 0 saturated carbocycles. The van der Waals surface area contributed by atoms with E-state index in [2.05, 4.69) is 10.6 Å². The van der Waals surface area contributed by atoms with Gasteiger partial charge in [0, 0.05) is 11.8 Å². The molecule has 0 fully saturated rings. The SMILES string of the molecule is COC(=O)C(NC(=O)C(OCc1ccccc1)C(O)C(O)C(OCc1ccccc1)C(=O)NC(C(=O)OC)C(C)c1ccccc1)C(C)c1ccccc1. The summed E-state index contributed by atoms with van der Waals surface area (Å²) < 4.78 is 22.0. The standard InChI is InChI=1S/C42H48N2O10/c1-27(31-21-13-7-14-22-31)33(41(49)51-3)43-39(47)37(53-25-29-17-9-5-10-18-29)35(45)36(46)38(54-26-30-19-11-6-12-20-30)40(48)44-34(42(50)52-4)28(2)32-23-15-8-16-24-32/h5-24,27-28,33-38,45-46H,25-26H2,1-4H3,(H,43,47)(H,44,48). The first-order valence-corrected chi connectivity index (χ1v) is 17.6. The summed E-state index contributed by atoms with van der Waals surface area (Å²) in [6.45, 7) is 3.10. The number of aliphatic hydroxyl groups is 2. The molecule has 0 saturated heterocycles. The summed E-state index contributed by atoms with van der Waals surface area (Å²) in [5, 5.41) is 28.8. The molecule has 12 nitrogen and oxygen atoms in total. The fraction of sp³-hybridized carbons (Fsp3) is 0.333. The van der Waals surface area contributed by atoms with Crippen LogP contribution in [0, 0.1) is 0 Å². The van der Waals surface area contributed by atoms with E-state index in [1.165, 1.54) is 14.2 Å². The lowest BCUT2D eigenvalue weighted by atomic mass is 9.92. The minimum atomic E-state index is -2.09. The topological polar surface area (TPSA) is 170 Å². The van der Waals surface area contributed by atoms with E-state index < -0.39 is 72.1 Å². The maximum Gasteiger partial charge on any atom is 0.328 e. The number of hydrogen-bond acceptors (Lipinski definition) is 10.